The molecular weight excluding hydrogens is 364 g/mol. The van der Waals surface area contributed by atoms with Crippen LogP contribution in [-0.4, -0.2) is 42.3 Å². The monoisotopic (exact) mass is 394 g/mol. The molecule has 29 heavy (non-hydrogen) atoms. The lowest BCUT2D eigenvalue weighted by Gasteiger charge is -2.37. The van der Waals surface area contributed by atoms with E-state index in [2.05, 4.69) is 41.4 Å². The van der Waals surface area contributed by atoms with Gasteiger partial charge in [-0.15, -0.1) is 0 Å². The first kappa shape index (κ1) is 21.1. The van der Waals surface area contributed by atoms with Crippen molar-refractivity contribution in [2.75, 3.05) is 19.7 Å². The smallest absolute Gasteiger partial charge is 0.258 e. The summed E-state index contributed by atoms with van der Waals surface area (Å²) in [6.45, 7) is 6.89. The minimum absolute atomic E-state index is 0.0159. The fourth-order valence-electron chi connectivity index (χ4n) is 3.77. The predicted molar refractivity (Wildman–Crippen MR) is 114 cm³/mol. The molecule has 1 aliphatic rings. The summed E-state index contributed by atoms with van der Waals surface area (Å²) in [7, 11) is 0. The lowest BCUT2D eigenvalue weighted by atomic mass is 9.93. The zero-order chi connectivity index (χ0) is 20.6. The standard InChI is InChI=1S/C24H30N2O3/c1-3-23(27)20-9-11-21(12-10-20)29-17-24(28)25-22-13-14-26(15-18(22)2)16-19-7-5-4-6-8-19/h4-12,18,22H,3,13-17H2,1-2H3,(H,25,28)/t18-,22+/m0/s1. The lowest BCUT2D eigenvalue weighted by molar-refractivity contribution is -0.124. The molecule has 1 heterocycles. The fraction of sp³-hybridized carbons (Fsp3) is 0.417. The van der Waals surface area contributed by atoms with Crippen LogP contribution in [0.1, 0.15) is 42.6 Å². The van der Waals surface area contributed by atoms with Crippen LogP contribution in [0.3, 0.4) is 0 Å². The number of hydrogen-bond donors (Lipinski definition) is 1. The van der Waals surface area contributed by atoms with Gasteiger partial charge in [0.05, 0.1) is 0 Å². The van der Waals surface area contributed by atoms with Gasteiger partial charge in [-0.3, -0.25) is 14.5 Å². The van der Waals surface area contributed by atoms with Crippen LogP contribution in [0, 0.1) is 5.92 Å². The molecule has 0 spiro atoms. The molecule has 1 fully saturated rings. The third kappa shape index (κ3) is 6.16. The largest absolute Gasteiger partial charge is 0.484 e. The van der Waals surface area contributed by atoms with E-state index >= 15 is 0 Å². The highest BCUT2D eigenvalue weighted by Gasteiger charge is 2.27. The Balaban J connectivity index is 1.42. The first-order valence-electron chi connectivity index (χ1n) is 10.4. The van der Waals surface area contributed by atoms with Crippen molar-refractivity contribution in [3.8, 4) is 5.75 Å². The van der Waals surface area contributed by atoms with Gasteiger partial charge < -0.3 is 10.1 Å². The van der Waals surface area contributed by atoms with Crippen molar-refractivity contribution < 1.29 is 14.3 Å². The van der Waals surface area contributed by atoms with Gasteiger partial charge in [0.15, 0.2) is 12.4 Å². The van der Waals surface area contributed by atoms with Gasteiger partial charge in [-0.1, -0.05) is 44.2 Å². The molecule has 0 bridgehead atoms. The van der Waals surface area contributed by atoms with Crippen molar-refractivity contribution in [3.63, 3.8) is 0 Å². The molecule has 5 nitrogen and oxygen atoms in total. The molecule has 0 unspecified atom stereocenters. The van der Waals surface area contributed by atoms with Gasteiger partial charge in [-0.05, 0) is 42.2 Å². The minimum atomic E-state index is -0.105. The van der Waals surface area contributed by atoms with E-state index in [-0.39, 0.29) is 24.3 Å². The van der Waals surface area contributed by atoms with Crippen LogP contribution in [0.2, 0.25) is 0 Å². The summed E-state index contributed by atoms with van der Waals surface area (Å²) in [6, 6.07) is 17.6. The summed E-state index contributed by atoms with van der Waals surface area (Å²) < 4.78 is 5.58. The van der Waals surface area contributed by atoms with Crippen molar-refractivity contribution in [2.24, 2.45) is 5.92 Å². The Morgan fingerprint density at radius 1 is 1.10 bits per heavy atom. The molecule has 0 aromatic heterocycles. The van der Waals surface area contributed by atoms with E-state index in [1.165, 1.54) is 5.56 Å². The first-order chi connectivity index (χ1) is 14.0. The second-order valence-electron chi connectivity index (χ2n) is 7.75. The van der Waals surface area contributed by atoms with E-state index < -0.39 is 0 Å². The summed E-state index contributed by atoms with van der Waals surface area (Å²) >= 11 is 0. The SMILES string of the molecule is CCC(=O)c1ccc(OCC(=O)N[C@@H]2CCN(Cc3ccccc3)C[C@@H]2C)cc1. The molecule has 0 radical (unpaired) electrons. The highest BCUT2D eigenvalue weighted by molar-refractivity contribution is 5.95. The van der Waals surface area contributed by atoms with Gasteiger partial charge in [0.2, 0.25) is 0 Å². The van der Waals surface area contributed by atoms with Crippen LogP contribution >= 0.6 is 0 Å². The summed E-state index contributed by atoms with van der Waals surface area (Å²) in [5.41, 5.74) is 1.99. The Morgan fingerprint density at radius 3 is 2.48 bits per heavy atom. The third-order valence-electron chi connectivity index (χ3n) is 5.45. The van der Waals surface area contributed by atoms with E-state index in [1.54, 1.807) is 24.3 Å². The number of ketones is 1. The Bertz CT molecular complexity index is 805. The molecule has 1 saturated heterocycles. The van der Waals surface area contributed by atoms with Crippen LogP contribution in [0.25, 0.3) is 0 Å². The second kappa shape index (κ2) is 10.2. The highest BCUT2D eigenvalue weighted by atomic mass is 16.5. The van der Waals surface area contributed by atoms with E-state index in [9.17, 15) is 9.59 Å². The number of hydrogen-bond acceptors (Lipinski definition) is 4. The van der Waals surface area contributed by atoms with E-state index in [0.29, 0.717) is 23.7 Å². The van der Waals surface area contributed by atoms with Crippen LogP contribution < -0.4 is 10.1 Å². The van der Waals surface area contributed by atoms with Crippen LogP contribution in [-0.2, 0) is 11.3 Å². The third-order valence-corrected chi connectivity index (χ3v) is 5.45. The number of likely N-dealkylation sites (tertiary alicyclic amines) is 1. The maximum absolute atomic E-state index is 12.3. The van der Waals surface area contributed by atoms with Gasteiger partial charge >= 0.3 is 0 Å². The molecule has 2 aromatic carbocycles. The van der Waals surface area contributed by atoms with Crippen molar-refractivity contribution >= 4 is 11.7 Å². The highest BCUT2D eigenvalue weighted by Crippen LogP contribution is 2.19. The molecular formula is C24H30N2O3. The lowest BCUT2D eigenvalue weighted by Crippen LogP contribution is -2.50. The predicted octanol–water partition coefficient (Wildman–Crippen LogP) is 3.68. The molecule has 2 atom stereocenters. The van der Waals surface area contributed by atoms with Gasteiger partial charge in [0.25, 0.3) is 5.91 Å². The Labute approximate surface area is 173 Å². The Hall–Kier alpha value is -2.66. The van der Waals surface area contributed by atoms with Gasteiger partial charge in [-0.25, -0.2) is 0 Å². The Kier molecular flexibility index (Phi) is 7.42. The van der Waals surface area contributed by atoms with Crippen molar-refractivity contribution in [1.29, 1.82) is 0 Å². The molecule has 2 aromatic rings. The number of nitrogens with zero attached hydrogens (tertiary/aromatic N) is 1. The topological polar surface area (TPSA) is 58.6 Å². The Morgan fingerprint density at radius 2 is 1.83 bits per heavy atom. The van der Waals surface area contributed by atoms with E-state index in [4.69, 9.17) is 4.74 Å². The summed E-state index contributed by atoms with van der Waals surface area (Å²) in [5.74, 6) is 0.975. The summed E-state index contributed by atoms with van der Waals surface area (Å²) in [4.78, 5) is 26.4. The quantitative estimate of drug-likeness (QED) is 0.694. The van der Waals surface area contributed by atoms with Crippen LogP contribution in [0.15, 0.2) is 54.6 Å². The normalized spacial score (nSPS) is 19.5. The minimum Gasteiger partial charge on any atom is -0.484 e. The maximum atomic E-state index is 12.3. The summed E-state index contributed by atoms with van der Waals surface area (Å²) in [6.07, 6.45) is 1.42. The fourth-order valence-corrected chi connectivity index (χ4v) is 3.77. The van der Waals surface area contributed by atoms with Gasteiger partial charge in [-0.2, -0.15) is 0 Å². The number of ether oxygens (including phenoxy) is 1. The van der Waals surface area contributed by atoms with Gasteiger partial charge in [0.1, 0.15) is 5.75 Å². The van der Waals surface area contributed by atoms with Crippen molar-refractivity contribution in [2.45, 2.75) is 39.3 Å². The number of Topliss-reactive ketones (excluding diaryl/α,β-unsaturated/α-hetero) is 1. The van der Waals surface area contributed by atoms with Crippen LogP contribution in [0.4, 0.5) is 0 Å². The van der Waals surface area contributed by atoms with Gasteiger partial charge in [0, 0.05) is 37.7 Å². The molecule has 1 amide bonds. The number of nitrogens with one attached hydrogen (secondary N) is 1. The zero-order valence-electron chi connectivity index (χ0n) is 17.3. The van der Waals surface area contributed by atoms with E-state index in [1.807, 2.05) is 13.0 Å². The zero-order valence-corrected chi connectivity index (χ0v) is 17.3. The molecule has 3 rings (SSSR count). The summed E-state index contributed by atoms with van der Waals surface area (Å²) in [5, 5.41) is 3.12. The maximum Gasteiger partial charge on any atom is 0.258 e. The average molecular weight is 395 g/mol. The number of benzene rings is 2. The molecule has 154 valence electrons. The molecule has 0 aliphatic carbocycles. The molecule has 1 aliphatic heterocycles. The van der Waals surface area contributed by atoms with Crippen molar-refractivity contribution in [3.05, 3.63) is 65.7 Å². The average Bonchev–Trinajstić information content (AvgIpc) is 2.75. The number of piperidine rings is 1. The molecule has 0 saturated carbocycles. The molecule has 5 heteroatoms. The number of amides is 1. The van der Waals surface area contributed by atoms with Crippen molar-refractivity contribution in [1.82, 2.24) is 10.2 Å². The van der Waals surface area contributed by atoms with E-state index in [0.717, 1.165) is 26.1 Å². The first-order valence-corrected chi connectivity index (χ1v) is 10.4. The van der Waals surface area contributed by atoms with Crippen LogP contribution in [0.5, 0.6) is 5.75 Å². The number of carbonyl (C=O) groups excluding carboxylic acids is 2. The molecule has 1 N–H and O–H groups in total. The number of rotatable bonds is 8. The number of carbonyl (C=O) groups is 2. The second-order valence-corrected chi connectivity index (χ2v) is 7.75.